The minimum Gasteiger partial charge on any atom is -0.496 e. The van der Waals surface area contributed by atoms with E-state index in [1.165, 1.54) is 24.0 Å². The molecule has 0 radical (unpaired) electrons. The number of nitrogens with zero attached hydrogens (tertiary/aromatic N) is 1. The summed E-state index contributed by atoms with van der Waals surface area (Å²) in [6.07, 6.45) is 4.29. The number of oxazole rings is 1. The minimum absolute atomic E-state index is 0.705. The van der Waals surface area contributed by atoms with Crippen LogP contribution in [0.25, 0.3) is 0 Å². The summed E-state index contributed by atoms with van der Waals surface area (Å²) in [7, 11) is 1.71. The van der Waals surface area contributed by atoms with Crippen molar-refractivity contribution in [3.63, 3.8) is 0 Å². The van der Waals surface area contributed by atoms with E-state index in [2.05, 4.69) is 22.4 Å². The third kappa shape index (κ3) is 4.02. The molecule has 2 aromatic rings. The zero-order valence-corrected chi connectivity index (χ0v) is 13.2. The van der Waals surface area contributed by atoms with Crippen LogP contribution in [0.3, 0.4) is 0 Å². The van der Waals surface area contributed by atoms with E-state index in [9.17, 15) is 0 Å². The second-order valence-electron chi connectivity index (χ2n) is 5.34. The second-order valence-corrected chi connectivity index (χ2v) is 6.27. The predicted molar refractivity (Wildman–Crippen MR) is 83.7 cm³/mol. The first-order valence-electron chi connectivity index (χ1n) is 7.18. The molecule has 112 valence electrons. The highest BCUT2D eigenvalue weighted by Gasteiger charge is 2.20. The molecular formula is C16H20N2O2S. The van der Waals surface area contributed by atoms with E-state index < -0.39 is 0 Å². The van der Waals surface area contributed by atoms with E-state index in [4.69, 9.17) is 9.15 Å². The molecule has 0 spiro atoms. The van der Waals surface area contributed by atoms with E-state index >= 15 is 0 Å². The van der Waals surface area contributed by atoms with Crippen molar-refractivity contribution >= 4 is 11.8 Å². The number of thioether (sulfide) groups is 1. The van der Waals surface area contributed by atoms with Crippen molar-refractivity contribution in [2.45, 2.75) is 43.3 Å². The predicted octanol–water partition coefficient (Wildman–Crippen LogP) is 3.54. The molecule has 0 bridgehead atoms. The summed E-state index contributed by atoms with van der Waals surface area (Å²) in [6.45, 7) is 2.85. The lowest BCUT2D eigenvalue weighted by Crippen LogP contribution is -2.15. The van der Waals surface area contributed by atoms with Gasteiger partial charge in [-0.15, -0.1) is 0 Å². The fourth-order valence-corrected chi connectivity index (χ4v) is 2.97. The molecule has 4 nitrogen and oxygen atoms in total. The second kappa shape index (κ2) is 6.54. The van der Waals surface area contributed by atoms with Crippen LogP contribution in [0.5, 0.6) is 5.75 Å². The van der Waals surface area contributed by atoms with Gasteiger partial charge in [-0.25, -0.2) is 4.98 Å². The number of hydrogen-bond acceptors (Lipinski definition) is 5. The monoisotopic (exact) mass is 304 g/mol. The molecule has 0 amide bonds. The molecule has 5 heteroatoms. The van der Waals surface area contributed by atoms with Crippen LogP contribution < -0.4 is 10.1 Å². The molecule has 0 aliphatic heterocycles. The zero-order chi connectivity index (χ0) is 14.7. The van der Waals surface area contributed by atoms with Gasteiger partial charge in [0.2, 0.25) is 0 Å². The van der Waals surface area contributed by atoms with Crippen LogP contribution in [0.2, 0.25) is 0 Å². The topological polar surface area (TPSA) is 47.3 Å². The fraction of sp³-hybridized carbons (Fsp3) is 0.438. The van der Waals surface area contributed by atoms with E-state index in [0.29, 0.717) is 5.22 Å². The van der Waals surface area contributed by atoms with Gasteiger partial charge in [-0.1, -0.05) is 17.8 Å². The summed E-state index contributed by atoms with van der Waals surface area (Å²) in [5, 5.41) is 4.24. The largest absolute Gasteiger partial charge is 0.496 e. The Labute approximate surface area is 129 Å². The molecule has 21 heavy (non-hydrogen) atoms. The van der Waals surface area contributed by atoms with E-state index in [1.807, 2.05) is 13.0 Å². The summed E-state index contributed by atoms with van der Waals surface area (Å²) in [6, 6.07) is 7.09. The Morgan fingerprint density at radius 2 is 2.29 bits per heavy atom. The summed E-state index contributed by atoms with van der Waals surface area (Å²) in [5.74, 6) is 1.71. The van der Waals surface area contributed by atoms with Gasteiger partial charge in [0.05, 0.1) is 12.8 Å². The first-order valence-corrected chi connectivity index (χ1v) is 8.17. The number of methoxy groups -OCH3 is 1. The molecule has 1 fully saturated rings. The molecule has 1 heterocycles. The molecule has 1 N–H and O–H groups in total. The van der Waals surface area contributed by atoms with Gasteiger partial charge in [0.1, 0.15) is 12.0 Å². The van der Waals surface area contributed by atoms with Crippen molar-refractivity contribution in [1.29, 1.82) is 0 Å². The zero-order valence-electron chi connectivity index (χ0n) is 12.4. The SMILES string of the molecule is COc1ccc(CNC2CC2)cc1CSc1nc(C)co1. The Morgan fingerprint density at radius 1 is 1.43 bits per heavy atom. The number of rotatable bonds is 7. The standard InChI is InChI=1S/C16H20N2O2S/c1-11-9-20-16(18-11)21-10-13-7-12(3-6-15(13)19-2)8-17-14-4-5-14/h3,6-7,9,14,17H,4-5,8,10H2,1-2H3. The summed E-state index contributed by atoms with van der Waals surface area (Å²) >= 11 is 1.59. The number of aryl methyl sites for hydroxylation is 1. The van der Waals surface area contributed by atoms with Crippen molar-refractivity contribution in [3.8, 4) is 5.75 Å². The van der Waals surface area contributed by atoms with Gasteiger partial charge in [-0.2, -0.15) is 0 Å². The Kier molecular flexibility index (Phi) is 4.51. The Hall–Kier alpha value is -1.46. The third-order valence-electron chi connectivity index (χ3n) is 3.47. The van der Waals surface area contributed by atoms with Crippen molar-refractivity contribution in [2.75, 3.05) is 7.11 Å². The van der Waals surface area contributed by atoms with E-state index in [1.54, 1.807) is 25.1 Å². The van der Waals surface area contributed by atoms with Crippen LogP contribution in [-0.2, 0) is 12.3 Å². The Morgan fingerprint density at radius 3 is 2.95 bits per heavy atom. The highest BCUT2D eigenvalue weighted by Crippen LogP contribution is 2.29. The highest BCUT2D eigenvalue weighted by molar-refractivity contribution is 7.98. The highest BCUT2D eigenvalue weighted by atomic mass is 32.2. The van der Waals surface area contributed by atoms with Gasteiger partial charge in [0.25, 0.3) is 5.22 Å². The Bertz CT molecular complexity index is 608. The fourth-order valence-electron chi connectivity index (χ4n) is 2.14. The Balaban J connectivity index is 1.66. The molecular weight excluding hydrogens is 284 g/mol. The number of ether oxygens (including phenoxy) is 1. The van der Waals surface area contributed by atoms with Crippen molar-refractivity contribution < 1.29 is 9.15 Å². The van der Waals surface area contributed by atoms with Crippen LogP contribution in [-0.4, -0.2) is 18.1 Å². The average Bonchev–Trinajstić information content (AvgIpc) is 3.24. The van der Waals surface area contributed by atoms with E-state index in [-0.39, 0.29) is 0 Å². The van der Waals surface area contributed by atoms with Gasteiger partial charge in [-0.05, 0) is 37.5 Å². The molecule has 0 unspecified atom stereocenters. The van der Waals surface area contributed by atoms with Gasteiger partial charge in [-0.3, -0.25) is 0 Å². The smallest absolute Gasteiger partial charge is 0.256 e. The maximum absolute atomic E-state index is 5.45. The van der Waals surface area contributed by atoms with Crippen molar-refractivity contribution in [1.82, 2.24) is 10.3 Å². The van der Waals surface area contributed by atoms with Gasteiger partial charge >= 0.3 is 0 Å². The number of aromatic nitrogens is 1. The number of hydrogen-bond donors (Lipinski definition) is 1. The van der Waals surface area contributed by atoms with Crippen molar-refractivity contribution in [3.05, 3.63) is 41.3 Å². The first kappa shape index (κ1) is 14.5. The van der Waals surface area contributed by atoms with Crippen molar-refractivity contribution in [2.24, 2.45) is 0 Å². The molecule has 0 atom stereocenters. The van der Waals surface area contributed by atoms with Crippen LogP contribution in [0.4, 0.5) is 0 Å². The summed E-state index contributed by atoms with van der Waals surface area (Å²) in [5.41, 5.74) is 3.38. The number of benzene rings is 1. The van der Waals surface area contributed by atoms with E-state index in [0.717, 1.165) is 29.8 Å². The molecule has 1 aromatic carbocycles. The van der Waals surface area contributed by atoms with Crippen LogP contribution in [0, 0.1) is 6.92 Å². The molecule has 1 aliphatic carbocycles. The third-order valence-corrected chi connectivity index (χ3v) is 4.36. The summed E-state index contributed by atoms with van der Waals surface area (Å²) in [4.78, 5) is 4.31. The van der Waals surface area contributed by atoms with Crippen LogP contribution >= 0.6 is 11.8 Å². The molecule has 3 rings (SSSR count). The molecule has 1 aromatic heterocycles. The number of nitrogens with one attached hydrogen (secondary N) is 1. The molecule has 0 saturated heterocycles. The van der Waals surface area contributed by atoms with Crippen LogP contribution in [0.15, 0.2) is 34.1 Å². The lowest BCUT2D eigenvalue weighted by Gasteiger charge is -2.10. The molecule has 1 aliphatic rings. The van der Waals surface area contributed by atoms with Gasteiger partial charge in [0, 0.05) is 23.9 Å². The van der Waals surface area contributed by atoms with Gasteiger partial charge < -0.3 is 14.5 Å². The molecule has 1 saturated carbocycles. The minimum atomic E-state index is 0.705. The first-order chi connectivity index (χ1) is 10.2. The summed E-state index contributed by atoms with van der Waals surface area (Å²) < 4.78 is 10.8. The maximum atomic E-state index is 5.45. The average molecular weight is 304 g/mol. The van der Waals surface area contributed by atoms with Crippen LogP contribution in [0.1, 0.15) is 29.7 Å². The lowest BCUT2D eigenvalue weighted by molar-refractivity contribution is 0.411. The maximum Gasteiger partial charge on any atom is 0.256 e. The quantitative estimate of drug-likeness (QED) is 0.793. The van der Waals surface area contributed by atoms with Gasteiger partial charge in [0.15, 0.2) is 0 Å². The lowest BCUT2D eigenvalue weighted by atomic mass is 10.1. The normalized spacial score (nSPS) is 14.4.